The number of piperazine rings is 1. The summed E-state index contributed by atoms with van der Waals surface area (Å²) in [6.45, 7) is 7.34. The molecule has 0 spiro atoms. The van der Waals surface area contributed by atoms with Crippen molar-refractivity contribution in [2.24, 2.45) is 0 Å². The summed E-state index contributed by atoms with van der Waals surface area (Å²) in [7, 11) is 0. The number of carbonyl (C=O) groups is 1. The first kappa shape index (κ1) is 20.4. The highest BCUT2D eigenvalue weighted by Gasteiger charge is 2.26. The second-order valence-corrected chi connectivity index (χ2v) is 9.36. The normalized spacial score (nSPS) is 18.9. The van der Waals surface area contributed by atoms with E-state index >= 15 is 0 Å². The molecule has 1 saturated heterocycles. The number of benzene rings is 1. The van der Waals surface area contributed by atoms with Crippen molar-refractivity contribution in [3.8, 4) is 0 Å². The lowest BCUT2D eigenvalue weighted by molar-refractivity contribution is -0.132. The van der Waals surface area contributed by atoms with E-state index in [1.165, 1.54) is 24.8 Å². The molecule has 1 fully saturated rings. The molecule has 0 saturated carbocycles. The molecule has 4 rings (SSSR count). The molecule has 0 bridgehead atoms. The quantitative estimate of drug-likeness (QED) is 0.729. The van der Waals surface area contributed by atoms with Crippen LogP contribution < -0.4 is 0 Å². The molecule has 0 radical (unpaired) electrons. The van der Waals surface area contributed by atoms with Gasteiger partial charge < -0.3 is 9.47 Å². The van der Waals surface area contributed by atoms with Gasteiger partial charge in [-0.25, -0.2) is 0 Å². The van der Waals surface area contributed by atoms with E-state index in [1.807, 2.05) is 17.9 Å². The van der Waals surface area contributed by atoms with Crippen LogP contribution in [0.25, 0.3) is 0 Å². The number of aromatic nitrogens is 3. The van der Waals surface area contributed by atoms with E-state index in [0.717, 1.165) is 63.1 Å². The van der Waals surface area contributed by atoms with Crippen molar-refractivity contribution < 1.29 is 4.79 Å². The number of hydrogen-bond acceptors (Lipinski definition) is 5. The molecule has 3 heterocycles. The molecule has 0 aliphatic carbocycles. The zero-order chi connectivity index (χ0) is 20.1. The maximum atomic E-state index is 12.8. The third kappa shape index (κ3) is 5.20. The summed E-state index contributed by atoms with van der Waals surface area (Å²) < 4.78 is 2.33. The molecule has 7 heteroatoms. The summed E-state index contributed by atoms with van der Waals surface area (Å²) in [6.07, 6.45) is 4.77. The van der Waals surface area contributed by atoms with Crippen LogP contribution in [0.5, 0.6) is 0 Å². The second-order valence-electron chi connectivity index (χ2n) is 8.04. The fourth-order valence-electron chi connectivity index (χ4n) is 4.11. The molecule has 2 aromatic rings. The average Bonchev–Trinajstić information content (AvgIpc) is 2.98. The molecule has 29 heavy (non-hydrogen) atoms. The van der Waals surface area contributed by atoms with Crippen LogP contribution in [0.1, 0.15) is 43.4 Å². The standard InChI is InChI=1S/C22H31N5OS/c1-18(29-17-19-8-4-2-5-9-19)22(28)26-14-12-25(13-15-26)16-21-24-23-20-10-6-3-7-11-27(20)21/h2,4-5,8-9,18H,3,6-7,10-17H2,1H3/t18-/m0/s1. The SMILES string of the molecule is C[C@H](SCc1ccccc1)C(=O)N1CCN(Cc2nnc3n2CCCCC3)CC1. The summed E-state index contributed by atoms with van der Waals surface area (Å²) >= 11 is 1.73. The molecule has 1 atom stereocenters. The Morgan fingerprint density at radius 1 is 1.03 bits per heavy atom. The van der Waals surface area contributed by atoms with Gasteiger partial charge in [-0.15, -0.1) is 22.0 Å². The second kappa shape index (κ2) is 9.76. The predicted octanol–water partition coefficient (Wildman–Crippen LogP) is 2.97. The van der Waals surface area contributed by atoms with Crippen molar-refractivity contribution in [1.29, 1.82) is 0 Å². The molecule has 0 N–H and O–H groups in total. The van der Waals surface area contributed by atoms with Gasteiger partial charge in [-0.1, -0.05) is 36.8 Å². The number of nitrogens with zero attached hydrogens (tertiary/aromatic N) is 5. The van der Waals surface area contributed by atoms with Gasteiger partial charge >= 0.3 is 0 Å². The molecule has 2 aliphatic heterocycles. The minimum atomic E-state index is -0.00554. The van der Waals surface area contributed by atoms with E-state index < -0.39 is 0 Å². The first-order valence-electron chi connectivity index (χ1n) is 10.8. The fraction of sp³-hybridized carbons (Fsp3) is 0.591. The van der Waals surface area contributed by atoms with Crippen LogP contribution in [-0.4, -0.2) is 61.9 Å². The van der Waals surface area contributed by atoms with E-state index in [2.05, 4.69) is 43.9 Å². The van der Waals surface area contributed by atoms with E-state index in [-0.39, 0.29) is 11.2 Å². The smallest absolute Gasteiger partial charge is 0.235 e. The summed E-state index contributed by atoms with van der Waals surface area (Å²) in [5.41, 5.74) is 1.27. The monoisotopic (exact) mass is 413 g/mol. The largest absolute Gasteiger partial charge is 0.339 e. The molecule has 1 aromatic heterocycles. The van der Waals surface area contributed by atoms with Gasteiger partial charge in [0.05, 0.1) is 11.8 Å². The molecule has 0 unspecified atom stereocenters. The van der Waals surface area contributed by atoms with E-state index in [4.69, 9.17) is 0 Å². The zero-order valence-corrected chi connectivity index (χ0v) is 18.1. The molecular formula is C22H31N5OS. The average molecular weight is 414 g/mol. The zero-order valence-electron chi connectivity index (χ0n) is 17.3. The molecular weight excluding hydrogens is 382 g/mol. The van der Waals surface area contributed by atoms with Crippen LogP contribution in [0, 0.1) is 0 Å². The number of hydrogen-bond donors (Lipinski definition) is 0. The third-order valence-electron chi connectivity index (χ3n) is 5.93. The van der Waals surface area contributed by atoms with E-state index in [0.29, 0.717) is 0 Å². The van der Waals surface area contributed by atoms with Crippen molar-refractivity contribution in [3.63, 3.8) is 0 Å². The number of rotatable bonds is 6. The van der Waals surface area contributed by atoms with Crippen LogP contribution >= 0.6 is 11.8 Å². The molecule has 2 aliphatic rings. The van der Waals surface area contributed by atoms with Crippen molar-refractivity contribution >= 4 is 17.7 Å². The Morgan fingerprint density at radius 3 is 2.62 bits per heavy atom. The lowest BCUT2D eigenvalue weighted by atomic mass is 10.2. The molecule has 1 aromatic carbocycles. The van der Waals surface area contributed by atoms with Crippen LogP contribution in [-0.2, 0) is 30.1 Å². The van der Waals surface area contributed by atoms with Crippen LogP contribution in [0.4, 0.5) is 0 Å². The number of carbonyl (C=O) groups excluding carboxylic acids is 1. The Morgan fingerprint density at radius 2 is 1.83 bits per heavy atom. The summed E-state index contributed by atoms with van der Waals surface area (Å²) in [4.78, 5) is 17.3. The van der Waals surface area contributed by atoms with Crippen LogP contribution in [0.15, 0.2) is 30.3 Å². The summed E-state index contributed by atoms with van der Waals surface area (Å²) in [5, 5.41) is 8.86. The van der Waals surface area contributed by atoms with Crippen molar-refractivity contribution in [2.75, 3.05) is 26.2 Å². The number of fused-ring (bicyclic) bond motifs is 1. The van der Waals surface area contributed by atoms with Crippen LogP contribution in [0.3, 0.4) is 0 Å². The molecule has 156 valence electrons. The minimum Gasteiger partial charge on any atom is -0.339 e. The predicted molar refractivity (Wildman–Crippen MR) is 117 cm³/mol. The molecule has 6 nitrogen and oxygen atoms in total. The lowest BCUT2D eigenvalue weighted by Crippen LogP contribution is -2.50. The van der Waals surface area contributed by atoms with Crippen LogP contribution in [0.2, 0.25) is 0 Å². The van der Waals surface area contributed by atoms with Gasteiger partial charge in [0, 0.05) is 44.9 Å². The van der Waals surface area contributed by atoms with Gasteiger partial charge in [0.2, 0.25) is 5.91 Å². The summed E-state index contributed by atoms with van der Waals surface area (Å²) in [5.74, 6) is 3.39. The maximum absolute atomic E-state index is 12.8. The number of thioether (sulfide) groups is 1. The van der Waals surface area contributed by atoms with Gasteiger partial charge in [-0.3, -0.25) is 9.69 Å². The maximum Gasteiger partial charge on any atom is 0.235 e. The Bertz CT molecular complexity index is 801. The van der Waals surface area contributed by atoms with Gasteiger partial charge in [0.25, 0.3) is 0 Å². The fourth-order valence-corrected chi connectivity index (χ4v) is 5.04. The number of aryl methyl sites for hydroxylation is 1. The third-order valence-corrected chi connectivity index (χ3v) is 7.13. The Hall–Kier alpha value is -1.86. The van der Waals surface area contributed by atoms with Gasteiger partial charge in [0.1, 0.15) is 11.6 Å². The lowest BCUT2D eigenvalue weighted by Gasteiger charge is -2.35. The highest BCUT2D eigenvalue weighted by molar-refractivity contribution is 7.99. The van der Waals surface area contributed by atoms with Gasteiger partial charge in [-0.05, 0) is 25.3 Å². The molecule has 1 amide bonds. The topological polar surface area (TPSA) is 54.3 Å². The Balaban J connectivity index is 1.25. The van der Waals surface area contributed by atoms with Gasteiger partial charge in [-0.2, -0.15) is 0 Å². The van der Waals surface area contributed by atoms with Gasteiger partial charge in [0.15, 0.2) is 0 Å². The van der Waals surface area contributed by atoms with Crippen molar-refractivity contribution in [2.45, 2.75) is 56.7 Å². The van der Waals surface area contributed by atoms with E-state index in [1.54, 1.807) is 11.8 Å². The van der Waals surface area contributed by atoms with E-state index in [9.17, 15) is 4.79 Å². The minimum absolute atomic E-state index is 0.00554. The highest BCUT2D eigenvalue weighted by atomic mass is 32.2. The Labute approximate surface area is 177 Å². The Kier molecular flexibility index (Phi) is 6.87. The van der Waals surface area contributed by atoms with Crippen molar-refractivity contribution in [3.05, 3.63) is 47.5 Å². The number of amides is 1. The first-order chi connectivity index (χ1) is 14.2. The van der Waals surface area contributed by atoms with Crippen molar-refractivity contribution in [1.82, 2.24) is 24.6 Å². The first-order valence-corrected chi connectivity index (χ1v) is 11.8. The summed E-state index contributed by atoms with van der Waals surface area (Å²) in [6, 6.07) is 10.4. The highest BCUT2D eigenvalue weighted by Crippen LogP contribution is 2.21.